The fraction of sp³-hybridized carbons (Fsp3) is 0.125. The summed E-state index contributed by atoms with van der Waals surface area (Å²) in [5, 5.41) is 15.3. The molecule has 1 atom stereocenters. The minimum absolute atomic E-state index is 0.0127. The van der Waals surface area contributed by atoms with Crippen molar-refractivity contribution in [2.75, 3.05) is 5.32 Å². The Labute approximate surface area is 121 Å². The Morgan fingerprint density at radius 1 is 1.19 bits per heavy atom. The highest BCUT2D eigenvalue weighted by Crippen LogP contribution is 2.24. The number of nitrogens with zero attached hydrogens (tertiary/aromatic N) is 1. The van der Waals surface area contributed by atoms with E-state index in [0.29, 0.717) is 0 Å². The molecule has 0 aliphatic heterocycles. The molecule has 5 nitrogen and oxygen atoms in total. The number of non-ortho nitro benzene ring substituents is 1. The van der Waals surface area contributed by atoms with Crippen molar-refractivity contribution in [3.05, 3.63) is 70.4 Å². The molecule has 0 spiro atoms. The van der Waals surface area contributed by atoms with Crippen LogP contribution < -0.4 is 5.32 Å². The van der Waals surface area contributed by atoms with Crippen LogP contribution in [0.4, 0.5) is 11.4 Å². The lowest BCUT2D eigenvalue weighted by atomic mass is 10.1. The SMILES string of the molecule is CC(Nc1ccc2[nH]ccc2c1)c1cccc([N+](=O)[O-])c1. The summed E-state index contributed by atoms with van der Waals surface area (Å²) < 4.78 is 0. The number of benzene rings is 2. The first-order valence-corrected chi connectivity index (χ1v) is 6.71. The third kappa shape index (κ3) is 2.72. The number of rotatable bonds is 4. The maximum Gasteiger partial charge on any atom is 0.269 e. The summed E-state index contributed by atoms with van der Waals surface area (Å²) in [5.41, 5.74) is 3.07. The lowest BCUT2D eigenvalue weighted by Crippen LogP contribution is -2.06. The van der Waals surface area contributed by atoms with E-state index in [1.54, 1.807) is 12.1 Å². The Balaban J connectivity index is 1.83. The fourth-order valence-corrected chi connectivity index (χ4v) is 2.38. The van der Waals surface area contributed by atoms with Crippen molar-refractivity contribution < 1.29 is 4.92 Å². The number of nitro groups is 1. The minimum Gasteiger partial charge on any atom is -0.378 e. The quantitative estimate of drug-likeness (QED) is 0.554. The van der Waals surface area contributed by atoms with Crippen LogP contribution in [0, 0.1) is 10.1 Å². The van der Waals surface area contributed by atoms with Gasteiger partial charge < -0.3 is 10.3 Å². The second-order valence-corrected chi connectivity index (χ2v) is 5.00. The number of nitro benzene ring substituents is 1. The second kappa shape index (κ2) is 5.28. The normalized spacial score (nSPS) is 12.2. The molecule has 0 amide bonds. The van der Waals surface area contributed by atoms with Crippen molar-refractivity contribution in [2.45, 2.75) is 13.0 Å². The molecule has 2 aromatic carbocycles. The average molecular weight is 281 g/mol. The Kier molecular flexibility index (Phi) is 3.31. The van der Waals surface area contributed by atoms with Crippen LogP contribution in [-0.4, -0.2) is 9.91 Å². The third-order valence-electron chi connectivity index (χ3n) is 3.52. The van der Waals surface area contributed by atoms with Crippen LogP contribution in [0.2, 0.25) is 0 Å². The van der Waals surface area contributed by atoms with Crippen LogP contribution in [0.3, 0.4) is 0 Å². The van der Waals surface area contributed by atoms with Gasteiger partial charge in [0, 0.05) is 41.0 Å². The maximum atomic E-state index is 10.8. The van der Waals surface area contributed by atoms with Crippen molar-refractivity contribution in [3.63, 3.8) is 0 Å². The van der Waals surface area contributed by atoms with E-state index < -0.39 is 0 Å². The van der Waals surface area contributed by atoms with Crippen LogP contribution in [0.15, 0.2) is 54.7 Å². The van der Waals surface area contributed by atoms with Gasteiger partial charge in [0.1, 0.15) is 0 Å². The van der Waals surface area contributed by atoms with Crippen molar-refractivity contribution >= 4 is 22.3 Å². The average Bonchev–Trinajstić information content (AvgIpc) is 2.95. The highest BCUT2D eigenvalue weighted by atomic mass is 16.6. The molecule has 2 N–H and O–H groups in total. The molecule has 0 fully saturated rings. The molecule has 3 aromatic rings. The number of nitrogens with one attached hydrogen (secondary N) is 2. The van der Waals surface area contributed by atoms with E-state index in [0.717, 1.165) is 22.2 Å². The van der Waals surface area contributed by atoms with Crippen molar-refractivity contribution in [1.82, 2.24) is 4.98 Å². The zero-order valence-corrected chi connectivity index (χ0v) is 11.5. The number of fused-ring (bicyclic) bond motifs is 1. The highest BCUT2D eigenvalue weighted by molar-refractivity contribution is 5.83. The molecule has 21 heavy (non-hydrogen) atoms. The maximum absolute atomic E-state index is 10.8. The zero-order chi connectivity index (χ0) is 14.8. The first kappa shape index (κ1) is 13.2. The number of hydrogen-bond acceptors (Lipinski definition) is 3. The monoisotopic (exact) mass is 281 g/mol. The van der Waals surface area contributed by atoms with E-state index in [-0.39, 0.29) is 16.7 Å². The molecule has 1 unspecified atom stereocenters. The van der Waals surface area contributed by atoms with Gasteiger partial charge in [-0.1, -0.05) is 12.1 Å². The smallest absolute Gasteiger partial charge is 0.269 e. The van der Waals surface area contributed by atoms with Gasteiger partial charge in [0.05, 0.1) is 4.92 Å². The Morgan fingerprint density at radius 2 is 2.05 bits per heavy atom. The van der Waals surface area contributed by atoms with E-state index in [1.807, 2.05) is 37.4 Å². The molecular formula is C16H15N3O2. The molecule has 0 radical (unpaired) electrons. The van der Waals surface area contributed by atoms with E-state index in [9.17, 15) is 10.1 Å². The molecule has 106 valence electrons. The number of H-pyrrole nitrogens is 1. The molecule has 5 heteroatoms. The van der Waals surface area contributed by atoms with Crippen LogP contribution in [-0.2, 0) is 0 Å². The highest BCUT2D eigenvalue weighted by Gasteiger charge is 2.11. The Hall–Kier alpha value is -2.82. The van der Waals surface area contributed by atoms with Gasteiger partial charge in [0.2, 0.25) is 0 Å². The summed E-state index contributed by atoms with van der Waals surface area (Å²) in [5.74, 6) is 0. The van der Waals surface area contributed by atoms with Gasteiger partial charge in [-0.05, 0) is 36.8 Å². The largest absolute Gasteiger partial charge is 0.378 e. The van der Waals surface area contributed by atoms with Crippen LogP contribution >= 0.6 is 0 Å². The van der Waals surface area contributed by atoms with Gasteiger partial charge in [-0.3, -0.25) is 10.1 Å². The van der Waals surface area contributed by atoms with Crippen LogP contribution in [0.5, 0.6) is 0 Å². The first-order chi connectivity index (χ1) is 10.1. The van der Waals surface area contributed by atoms with Gasteiger partial charge in [-0.25, -0.2) is 0 Å². The second-order valence-electron chi connectivity index (χ2n) is 5.00. The lowest BCUT2D eigenvalue weighted by molar-refractivity contribution is -0.384. The van der Waals surface area contributed by atoms with Gasteiger partial charge in [-0.2, -0.15) is 0 Å². The fourth-order valence-electron chi connectivity index (χ4n) is 2.38. The minimum atomic E-state index is -0.373. The third-order valence-corrected chi connectivity index (χ3v) is 3.52. The number of aromatic nitrogens is 1. The standard InChI is InChI=1S/C16H15N3O2/c1-11(12-3-2-4-15(10-12)19(20)21)18-14-5-6-16-13(9-14)7-8-17-16/h2-11,17-18H,1H3. The van der Waals surface area contributed by atoms with E-state index in [1.165, 1.54) is 6.07 Å². The van der Waals surface area contributed by atoms with Crippen molar-refractivity contribution in [3.8, 4) is 0 Å². The van der Waals surface area contributed by atoms with E-state index in [4.69, 9.17) is 0 Å². The summed E-state index contributed by atoms with van der Waals surface area (Å²) in [6.45, 7) is 1.99. The Morgan fingerprint density at radius 3 is 2.86 bits per heavy atom. The van der Waals surface area contributed by atoms with E-state index >= 15 is 0 Å². The summed E-state index contributed by atoms with van der Waals surface area (Å²) in [6, 6.07) is 14.8. The molecule has 0 aliphatic carbocycles. The number of aromatic amines is 1. The first-order valence-electron chi connectivity index (χ1n) is 6.71. The molecule has 1 aromatic heterocycles. The van der Waals surface area contributed by atoms with Gasteiger partial charge >= 0.3 is 0 Å². The zero-order valence-electron chi connectivity index (χ0n) is 11.5. The Bertz CT molecular complexity index is 795. The number of anilines is 1. The topological polar surface area (TPSA) is 71.0 Å². The summed E-state index contributed by atoms with van der Waals surface area (Å²) >= 11 is 0. The summed E-state index contributed by atoms with van der Waals surface area (Å²) in [4.78, 5) is 13.6. The van der Waals surface area contributed by atoms with Gasteiger partial charge in [0.25, 0.3) is 5.69 Å². The summed E-state index contributed by atoms with van der Waals surface area (Å²) in [7, 11) is 0. The molecule has 0 bridgehead atoms. The molecule has 0 aliphatic rings. The predicted octanol–water partition coefficient (Wildman–Crippen LogP) is 4.25. The lowest BCUT2D eigenvalue weighted by Gasteiger charge is -2.15. The molecular weight excluding hydrogens is 266 g/mol. The van der Waals surface area contributed by atoms with Gasteiger partial charge in [-0.15, -0.1) is 0 Å². The van der Waals surface area contributed by atoms with Crippen molar-refractivity contribution in [2.24, 2.45) is 0 Å². The van der Waals surface area contributed by atoms with E-state index in [2.05, 4.69) is 16.4 Å². The summed E-state index contributed by atoms with van der Waals surface area (Å²) in [6.07, 6.45) is 1.90. The predicted molar refractivity (Wildman–Crippen MR) is 83.4 cm³/mol. The number of hydrogen-bond donors (Lipinski definition) is 2. The molecule has 3 rings (SSSR count). The molecule has 0 saturated heterocycles. The van der Waals surface area contributed by atoms with Crippen LogP contribution in [0.1, 0.15) is 18.5 Å². The van der Waals surface area contributed by atoms with Crippen LogP contribution in [0.25, 0.3) is 10.9 Å². The molecule has 0 saturated carbocycles. The molecule has 1 heterocycles. The van der Waals surface area contributed by atoms with Gasteiger partial charge in [0.15, 0.2) is 0 Å². The van der Waals surface area contributed by atoms with Crippen molar-refractivity contribution in [1.29, 1.82) is 0 Å².